The zero-order chi connectivity index (χ0) is 24.5. The summed E-state index contributed by atoms with van der Waals surface area (Å²) in [5.74, 6) is 5.19. The molecule has 0 aromatic rings. The Bertz CT molecular complexity index is 641. The minimum absolute atomic E-state index is 0.0299. The third-order valence-corrected chi connectivity index (χ3v) is 9.97. The van der Waals surface area contributed by atoms with E-state index in [1.165, 1.54) is 83.1 Å². The minimum atomic E-state index is -1.48. The molecule has 0 N–H and O–H groups in total. The Hall–Kier alpha value is -0.740. The first kappa shape index (κ1) is 27.3. The lowest BCUT2D eigenvalue weighted by Gasteiger charge is -2.41. The molecule has 0 bridgehead atoms. The first-order valence-corrected chi connectivity index (χ1v) is 15.0. The van der Waals surface area contributed by atoms with Gasteiger partial charge in [-0.15, -0.1) is 0 Å². The lowest BCUT2D eigenvalue weighted by Crippen LogP contribution is -2.32. The first-order valence-electron chi connectivity index (χ1n) is 15.0. The third-order valence-electron chi connectivity index (χ3n) is 9.97. The molecule has 0 amide bonds. The third kappa shape index (κ3) is 8.66. The van der Waals surface area contributed by atoms with Crippen LogP contribution in [-0.4, -0.2) is 19.5 Å². The lowest BCUT2D eigenvalue weighted by atomic mass is 9.65. The summed E-state index contributed by atoms with van der Waals surface area (Å²) in [5.41, 5.74) is 0. The molecule has 3 aliphatic carbocycles. The molecule has 2 nitrogen and oxygen atoms in total. The van der Waals surface area contributed by atoms with Crippen LogP contribution < -0.4 is 0 Å². The molecule has 4 heteroatoms. The lowest BCUT2D eigenvalue weighted by molar-refractivity contribution is -0.199. The number of halogens is 2. The summed E-state index contributed by atoms with van der Waals surface area (Å²) in [4.78, 5) is 0. The maximum Gasteiger partial charge on any atom is 0.266 e. The van der Waals surface area contributed by atoms with Gasteiger partial charge < -0.3 is 9.47 Å². The van der Waals surface area contributed by atoms with Gasteiger partial charge in [0.05, 0.1) is 13.2 Å². The number of rotatable bonds is 9. The van der Waals surface area contributed by atoms with Gasteiger partial charge in [-0.2, -0.15) is 8.78 Å². The molecule has 0 aromatic carbocycles. The van der Waals surface area contributed by atoms with Crippen LogP contribution in [0, 0.1) is 41.4 Å². The van der Waals surface area contributed by atoms with E-state index in [2.05, 4.69) is 19.1 Å². The van der Waals surface area contributed by atoms with Gasteiger partial charge in [-0.3, -0.25) is 0 Å². The van der Waals surface area contributed by atoms with Crippen molar-refractivity contribution in [3.05, 3.63) is 24.3 Å². The summed E-state index contributed by atoms with van der Waals surface area (Å²) in [5, 5.41) is 0. The van der Waals surface area contributed by atoms with Gasteiger partial charge in [0.1, 0.15) is 0 Å². The van der Waals surface area contributed by atoms with Crippen LogP contribution in [0.2, 0.25) is 0 Å². The van der Waals surface area contributed by atoms with Crippen LogP contribution in [0.4, 0.5) is 8.78 Å². The quantitative estimate of drug-likeness (QED) is 0.299. The highest BCUT2D eigenvalue weighted by molar-refractivity contribution is 4.93. The molecule has 35 heavy (non-hydrogen) atoms. The van der Waals surface area contributed by atoms with Crippen molar-refractivity contribution in [3.63, 3.8) is 0 Å². The second-order valence-corrected chi connectivity index (χ2v) is 12.2. The predicted molar refractivity (Wildman–Crippen MR) is 139 cm³/mol. The fourth-order valence-electron chi connectivity index (χ4n) is 7.73. The van der Waals surface area contributed by atoms with Crippen LogP contribution in [0.3, 0.4) is 0 Å². The van der Waals surface area contributed by atoms with Gasteiger partial charge in [0.15, 0.2) is 6.29 Å². The zero-order valence-corrected chi connectivity index (χ0v) is 22.2. The zero-order valence-electron chi connectivity index (χ0n) is 22.2. The largest absolute Gasteiger partial charge is 0.352 e. The van der Waals surface area contributed by atoms with E-state index in [9.17, 15) is 8.78 Å². The van der Waals surface area contributed by atoms with Crippen molar-refractivity contribution < 1.29 is 18.3 Å². The Morgan fingerprint density at radius 2 is 1.14 bits per heavy atom. The molecule has 1 aliphatic heterocycles. The molecule has 0 atom stereocenters. The van der Waals surface area contributed by atoms with Crippen molar-refractivity contribution in [2.75, 3.05) is 13.2 Å². The van der Waals surface area contributed by atoms with Crippen LogP contribution in [-0.2, 0) is 9.47 Å². The Morgan fingerprint density at radius 3 is 1.66 bits per heavy atom. The van der Waals surface area contributed by atoms with Gasteiger partial charge in [-0.1, -0.05) is 38.3 Å². The van der Waals surface area contributed by atoms with Gasteiger partial charge in [-0.25, -0.2) is 0 Å². The number of hydrogen-bond acceptors (Lipinski definition) is 2. The molecule has 0 unspecified atom stereocenters. The normalized spacial score (nSPS) is 38.9. The molecule has 4 rings (SSSR count). The summed E-state index contributed by atoms with van der Waals surface area (Å²) >= 11 is 0. The molecule has 0 spiro atoms. The van der Waals surface area contributed by atoms with Crippen molar-refractivity contribution in [1.82, 2.24) is 0 Å². The second kappa shape index (κ2) is 14.3. The molecular formula is C31H50F2O2. The van der Waals surface area contributed by atoms with Crippen molar-refractivity contribution in [3.8, 4) is 0 Å². The molecule has 0 aromatic heterocycles. The SMILES string of the molecule is CC/C=C\CC1OCC(CCC2CCC(C3CCC(C4CCC(C=C(F)F)CC4)CC3)CC2)CO1. The standard InChI is InChI=1S/C31H50F2O2/c1-2-3-4-5-31-34-21-25(22-35-31)7-6-23-8-12-26(13-9-23)28-16-18-29(19-17-28)27-14-10-24(11-15-27)20-30(32)33/h3-4,20,23-29,31H,2,5-19,21-22H2,1H3/b4-3-. The Balaban J connectivity index is 1.07. The van der Waals surface area contributed by atoms with E-state index < -0.39 is 6.08 Å². The predicted octanol–water partition coefficient (Wildman–Crippen LogP) is 9.31. The smallest absolute Gasteiger partial charge is 0.266 e. The van der Waals surface area contributed by atoms with Gasteiger partial charge in [0.25, 0.3) is 6.08 Å². The van der Waals surface area contributed by atoms with E-state index in [0.29, 0.717) is 5.92 Å². The maximum atomic E-state index is 12.5. The molecular weight excluding hydrogens is 442 g/mol. The average Bonchev–Trinajstić information content (AvgIpc) is 2.89. The van der Waals surface area contributed by atoms with Gasteiger partial charge in [0, 0.05) is 12.3 Å². The van der Waals surface area contributed by atoms with Crippen molar-refractivity contribution >= 4 is 0 Å². The highest BCUT2D eigenvalue weighted by Gasteiger charge is 2.34. The maximum absolute atomic E-state index is 12.5. The highest BCUT2D eigenvalue weighted by Crippen LogP contribution is 2.46. The van der Waals surface area contributed by atoms with Gasteiger partial charge >= 0.3 is 0 Å². The van der Waals surface area contributed by atoms with E-state index >= 15 is 0 Å². The van der Waals surface area contributed by atoms with Crippen molar-refractivity contribution in [1.29, 1.82) is 0 Å². The van der Waals surface area contributed by atoms with Crippen LogP contribution in [0.5, 0.6) is 0 Å². The second-order valence-electron chi connectivity index (χ2n) is 12.2. The van der Waals surface area contributed by atoms with Crippen molar-refractivity contribution in [2.45, 2.75) is 116 Å². The first-order chi connectivity index (χ1) is 17.1. The van der Waals surface area contributed by atoms with E-state index in [1.807, 2.05) is 0 Å². The molecule has 1 heterocycles. The average molecular weight is 493 g/mol. The summed E-state index contributed by atoms with van der Waals surface area (Å²) < 4.78 is 37.0. The Morgan fingerprint density at radius 1 is 0.657 bits per heavy atom. The Kier molecular flexibility index (Phi) is 11.1. The molecule has 4 aliphatic rings. The molecule has 0 radical (unpaired) electrons. The van der Waals surface area contributed by atoms with E-state index in [-0.39, 0.29) is 12.2 Å². The van der Waals surface area contributed by atoms with Crippen LogP contribution in [0.25, 0.3) is 0 Å². The van der Waals surface area contributed by atoms with Gasteiger partial charge in [-0.05, 0) is 119 Å². The number of allylic oxidation sites excluding steroid dienone is 2. The summed E-state index contributed by atoms with van der Waals surface area (Å²) in [7, 11) is 0. The summed E-state index contributed by atoms with van der Waals surface area (Å²) in [6.07, 6.45) is 24.3. The topological polar surface area (TPSA) is 18.5 Å². The fraction of sp³-hybridized carbons (Fsp3) is 0.871. The number of hydrogen-bond donors (Lipinski definition) is 0. The summed E-state index contributed by atoms with van der Waals surface area (Å²) in [6, 6.07) is 0. The van der Waals surface area contributed by atoms with E-state index in [4.69, 9.17) is 9.47 Å². The molecule has 1 saturated heterocycles. The summed E-state index contributed by atoms with van der Waals surface area (Å²) in [6.45, 7) is 3.89. The van der Waals surface area contributed by atoms with E-state index in [1.54, 1.807) is 0 Å². The van der Waals surface area contributed by atoms with Gasteiger partial charge in [0.2, 0.25) is 0 Å². The fourth-order valence-corrected chi connectivity index (χ4v) is 7.73. The molecule has 3 saturated carbocycles. The minimum Gasteiger partial charge on any atom is -0.352 e. The van der Waals surface area contributed by atoms with E-state index in [0.717, 1.165) is 68.5 Å². The van der Waals surface area contributed by atoms with Crippen molar-refractivity contribution in [2.24, 2.45) is 41.4 Å². The highest BCUT2D eigenvalue weighted by atomic mass is 19.3. The number of ether oxygens (including phenoxy) is 2. The monoisotopic (exact) mass is 492 g/mol. The Labute approximate surface area is 213 Å². The molecule has 4 fully saturated rings. The van der Waals surface area contributed by atoms with Crippen LogP contribution >= 0.6 is 0 Å². The molecule has 200 valence electrons. The van der Waals surface area contributed by atoms with Crippen LogP contribution in [0.1, 0.15) is 110 Å². The van der Waals surface area contributed by atoms with Crippen LogP contribution in [0.15, 0.2) is 24.3 Å².